The summed E-state index contributed by atoms with van der Waals surface area (Å²) in [5, 5.41) is 4.28. The molecule has 0 radical (unpaired) electrons. The van der Waals surface area contributed by atoms with Crippen LogP contribution in [0.15, 0.2) is 30.5 Å². The number of pyridine rings is 1. The number of fused-ring (bicyclic) bond motifs is 4. The summed E-state index contributed by atoms with van der Waals surface area (Å²) in [7, 11) is 0. The number of nitrogens with one attached hydrogen (secondary N) is 1. The van der Waals surface area contributed by atoms with Crippen LogP contribution in [-0.4, -0.2) is 76.4 Å². The number of anilines is 1. The van der Waals surface area contributed by atoms with Crippen molar-refractivity contribution < 1.29 is 13.5 Å². The Morgan fingerprint density at radius 1 is 1.02 bits per heavy atom. The Morgan fingerprint density at radius 3 is 2.65 bits per heavy atom. The molecule has 7 nitrogen and oxygen atoms in total. The first-order valence-corrected chi connectivity index (χ1v) is 15.0. The lowest BCUT2D eigenvalue weighted by atomic mass is 9.77. The average Bonchev–Trinajstić information content (AvgIpc) is 3.57. The first-order chi connectivity index (χ1) is 19.6. The third-order valence-corrected chi connectivity index (χ3v) is 10.2. The van der Waals surface area contributed by atoms with E-state index in [0.29, 0.717) is 54.5 Å². The standard InChI is InChI=1S/C31H36F2N6O/c32-20-13-31(11-4-12-39(31)15-20)18-40-30-36-28-25(29(37-30)38-16-21-9-10-22(17-38)35-21)14-34-27(26(28)33)24-8-2-1-7-23(24)19-5-3-6-19/h1-2,7-8,14,19-22,35H,3-6,9-13,15-18H2/t20-,21?,22?,31+/m1/s1. The van der Waals surface area contributed by atoms with Gasteiger partial charge < -0.3 is 15.0 Å². The summed E-state index contributed by atoms with van der Waals surface area (Å²) in [4.78, 5) is 18.7. The van der Waals surface area contributed by atoms with Crippen molar-refractivity contribution in [3.05, 3.63) is 41.8 Å². The van der Waals surface area contributed by atoms with Crippen LogP contribution in [0.1, 0.15) is 62.8 Å². The summed E-state index contributed by atoms with van der Waals surface area (Å²) >= 11 is 0. The van der Waals surface area contributed by atoms with Crippen molar-refractivity contribution in [1.29, 1.82) is 0 Å². The van der Waals surface area contributed by atoms with Crippen LogP contribution in [0.5, 0.6) is 6.01 Å². The van der Waals surface area contributed by atoms with Gasteiger partial charge in [-0.3, -0.25) is 9.88 Å². The van der Waals surface area contributed by atoms with Gasteiger partial charge in [0.05, 0.1) is 10.9 Å². The van der Waals surface area contributed by atoms with E-state index in [2.05, 4.69) is 26.2 Å². The van der Waals surface area contributed by atoms with Gasteiger partial charge >= 0.3 is 6.01 Å². The lowest BCUT2D eigenvalue weighted by Crippen LogP contribution is -2.51. The fourth-order valence-electron chi connectivity index (χ4n) is 7.92. The van der Waals surface area contributed by atoms with Crippen molar-refractivity contribution in [3.63, 3.8) is 0 Å². The van der Waals surface area contributed by atoms with Gasteiger partial charge in [-0.15, -0.1) is 0 Å². The number of alkyl halides is 1. The zero-order valence-electron chi connectivity index (χ0n) is 22.8. The molecule has 210 valence electrons. The van der Waals surface area contributed by atoms with E-state index in [4.69, 9.17) is 14.7 Å². The molecule has 2 unspecified atom stereocenters. The third-order valence-electron chi connectivity index (χ3n) is 10.2. The van der Waals surface area contributed by atoms with E-state index >= 15 is 4.39 Å². The second-order valence-electron chi connectivity index (χ2n) is 12.6. The summed E-state index contributed by atoms with van der Waals surface area (Å²) in [5.74, 6) is 0.698. The highest BCUT2D eigenvalue weighted by molar-refractivity contribution is 5.92. The molecule has 4 aliphatic heterocycles. The topological polar surface area (TPSA) is 66.4 Å². The molecule has 1 aliphatic carbocycles. The van der Waals surface area contributed by atoms with Crippen molar-refractivity contribution in [2.24, 2.45) is 0 Å². The molecule has 5 fully saturated rings. The van der Waals surface area contributed by atoms with E-state index in [1.54, 1.807) is 6.20 Å². The van der Waals surface area contributed by atoms with Crippen molar-refractivity contribution in [2.75, 3.05) is 37.7 Å². The molecular weight excluding hydrogens is 510 g/mol. The number of rotatable bonds is 6. The Bertz CT molecular complexity index is 1440. The second-order valence-corrected chi connectivity index (χ2v) is 12.6. The van der Waals surface area contributed by atoms with Crippen LogP contribution in [0.25, 0.3) is 22.2 Å². The summed E-state index contributed by atoms with van der Waals surface area (Å²) in [5.41, 5.74) is 2.26. The molecule has 0 spiro atoms. The fraction of sp³-hybridized carbons (Fsp3) is 0.581. The van der Waals surface area contributed by atoms with Gasteiger partial charge in [-0.25, -0.2) is 8.78 Å². The molecule has 4 saturated heterocycles. The van der Waals surface area contributed by atoms with Crippen LogP contribution in [0.4, 0.5) is 14.6 Å². The van der Waals surface area contributed by atoms with Crippen molar-refractivity contribution in [2.45, 2.75) is 81.1 Å². The molecule has 3 aromatic rings. The molecule has 1 N–H and O–H groups in total. The number of ether oxygens (including phenoxy) is 1. The van der Waals surface area contributed by atoms with Crippen LogP contribution in [-0.2, 0) is 0 Å². The van der Waals surface area contributed by atoms with Crippen LogP contribution in [0, 0.1) is 5.82 Å². The van der Waals surface area contributed by atoms with Gasteiger partial charge in [0.1, 0.15) is 29.8 Å². The maximum absolute atomic E-state index is 16.5. The monoisotopic (exact) mass is 546 g/mol. The Kier molecular flexibility index (Phi) is 5.95. The van der Waals surface area contributed by atoms with Crippen LogP contribution < -0.4 is 15.0 Å². The SMILES string of the molecule is Fc1c(-c2ccccc2C2CCC2)ncc2c(N3CC4CCC(C3)N4)nc(OC[C@@]34CCCN3C[C@H](F)C4)nc12. The van der Waals surface area contributed by atoms with Crippen LogP contribution in [0.3, 0.4) is 0 Å². The van der Waals surface area contributed by atoms with Crippen LogP contribution >= 0.6 is 0 Å². The lowest BCUT2D eigenvalue weighted by Gasteiger charge is -2.34. The molecule has 6 heterocycles. The van der Waals surface area contributed by atoms with Gasteiger partial charge in [-0.1, -0.05) is 30.7 Å². The Balaban J connectivity index is 1.21. The predicted molar refractivity (Wildman–Crippen MR) is 150 cm³/mol. The second kappa shape index (κ2) is 9.58. The van der Waals surface area contributed by atoms with E-state index < -0.39 is 12.0 Å². The molecule has 8 rings (SSSR count). The summed E-state index contributed by atoms with van der Waals surface area (Å²) in [6.07, 6.45) is 9.03. The molecule has 0 amide bonds. The zero-order chi connectivity index (χ0) is 26.8. The molecule has 2 aromatic heterocycles. The quantitative estimate of drug-likeness (QED) is 0.467. The average molecular weight is 547 g/mol. The van der Waals surface area contributed by atoms with Gasteiger partial charge in [0, 0.05) is 49.9 Å². The minimum absolute atomic E-state index is 0.167. The first kappa shape index (κ1) is 24.9. The smallest absolute Gasteiger partial charge is 0.319 e. The molecule has 9 heteroatoms. The Hall–Kier alpha value is -2.91. The number of piperazine rings is 1. The number of halogens is 2. The molecule has 2 bridgehead atoms. The first-order valence-electron chi connectivity index (χ1n) is 15.0. The highest BCUT2D eigenvalue weighted by Crippen LogP contribution is 2.43. The summed E-state index contributed by atoms with van der Waals surface area (Å²) < 4.78 is 37.2. The van der Waals surface area contributed by atoms with E-state index in [0.717, 1.165) is 69.3 Å². The maximum atomic E-state index is 16.5. The lowest BCUT2D eigenvalue weighted by molar-refractivity contribution is 0.107. The maximum Gasteiger partial charge on any atom is 0.319 e. The number of hydrogen-bond donors (Lipinski definition) is 1. The highest BCUT2D eigenvalue weighted by atomic mass is 19.1. The molecule has 40 heavy (non-hydrogen) atoms. The van der Waals surface area contributed by atoms with Gasteiger partial charge in [0.25, 0.3) is 0 Å². The minimum Gasteiger partial charge on any atom is -0.461 e. The van der Waals surface area contributed by atoms with E-state index in [1.807, 2.05) is 18.2 Å². The van der Waals surface area contributed by atoms with Gasteiger partial charge in [0.15, 0.2) is 5.82 Å². The van der Waals surface area contributed by atoms with Gasteiger partial charge in [-0.2, -0.15) is 9.97 Å². The fourth-order valence-corrected chi connectivity index (χ4v) is 7.92. The Morgan fingerprint density at radius 2 is 1.85 bits per heavy atom. The highest BCUT2D eigenvalue weighted by Gasteiger charge is 2.49. The zero-order valence-corrected chi connectivity index (χ0v) is 22.8. The van der Waals surface area contributed by atoms with Crippen molar-refractivity contribution in [1.82, 2.24) is 25.2 Å². The van der Waals surface area contributed by atoms with Crippen molar-refractivity contribution in [3.8, 4) is 17.3 Å². The predicted octanol–water partition coefficient (Wildman–Crippen LogP) is 4.99. The molecule has 1 aromatic carbocycles. The van der Waals surface area contributed by atoms with Crippen molar-refractivity contribution >= 4 is 16.7 Å². The minimum atomic E-state index is -0.838. The third kappa shape index (κ3) is 4.07. The molecule has 5 aliphatic rings. The van der Waals surface area contributed by atoms with Crippen LogP contribution in [0.2, 0.25) is 0 Å². The normalized spacial score (nSPS) is 30.1. The Labute approximate surface area is 233 Å². The number of aromatic nitrogens is 3. The number of hydrogen-bond acceptors (Lipinski definition) is 7. The molecule has 1 saturated carbocycles. The largest absolute Gasteiger partial charge is 0.461 e. The number of nitrogens with zero attached hydrogens (tertiary/aromatic N) is 5. The van der Waals surface area contributed by atoms with Gasteiger partial charge in [-0.05, 0) is 56.6 Å². The number of benzene rings is 1. The van der Waals surface area contributed by atoms with E-state index in [-0.39, 0.29) is 17.1 Å². The van der Waals surface area contributed by atoms with E-state index in [1.165, 1.54) is 6.42 Å². The molecular formula is C31H36F2N6O. The summed E-state index contributed by atoms with van der Waals surface area (Å²) in [6.45, 7) is 3.27. The van der Waals surface area contributed by atoms with Gasteiger partial charge in [0.2, 0.25) is 0 Å². The van der Waals surface area contributed by atoms with E-state index in [9.17, 15) is 4.39 Å². The summed E-state index contributed by atoms with van der Waals surface area (Å²) in [6, 6.07) is 9.01. The molecule has 4 atom stereocenters.